The van der Waals surface area contributed by atoms with Crippen LogP contribution in [0.25, 0.3) is 0 Å². The fraction of sp³-hybridized carbons (Fsp3) is 0.450. The van der Waals surface area contributed by atoms with Gasteiger partial charge in [-0.3, -0.25) is 9.59 Å². The Hall–Kier alpha value is -2.70. The fourth-order valence-corrected chi connectivity index (χ4v) is 4.04. The summed E-state index contributed by atoms with van der Waals surface area (Å²) in [6.07, 6.45) is 4.58. The number of aromatic nitrogens is 2. The van der Waals surface area contributed by atoms with Crippen LogP contribution < -0.4 is 10.5 Å². The third-order valence-electron chi connectivity index (χ3n) is 5.58. The zero-order valence-electron chi connectivity index (χ0n) is 15.4. The lowest BCUT2D eigenvalue weighted by molar-refractivity contribution is -0.134. The molecule has 1 aromatic heterocycles. The highest BCUT2D eigenvalue weighted by Crippen LogP contribution is 2.30. The predicted molar refractivity (Wildman–Crippen MR) is 100 cm³/mol. The normalized spacial score (nSPS) is 19.3. The molecule has 7 heteroatoms. The number of halogens is 1. The molecule has 1 fully saturated rings. The van der Waals surface area contributed by atoms with Crippen molar-refractivity contribution in [2.24, 2.45) is 0 Å². The van der Waals surface area contributed by atoms with Gasteiger partial charge in [0.25, 0.3) is 5.56 Å². The van der Waals surface area contributed by atoms with Crippen LogP contribution in [0.15, 0.2) is 35.3 Å². The van der Waals surface area contributed by atoms with Gasteiger partial charge in [0.15, 0.2) is 0 Å². The molecular formula is C20H23FN4O2. The number of hydrogen-bond acceptors (Lipinski definition) is 4. The highest BCUT2D eigenvalue weighted by Gasteiger charge is 2.28. The molecule has 2 aromatic rings. The van der Waals surface area contributed by atoms with Crippen molar-refractivity contribution < 1.29 is 9.18 Å². The van der Waals surface area contributed by atoms with Crippen LogP contribution in [0.4, 0.5) is 10.1 Å². The predicted octanol–water partition coefficient (Wildman–Crippen LogP) is 2.13. The molecule has 0 N–H and O–H groups in total. The van der Waals surface area contributed by atoms with Crippen molar-refractivity contribution in [3.63, 3.8) is 0 Å². The smallest absolute Gasteiger partial charge is 0.269 e. The van der Waals surface area contributed by atoms with Crippen LogP contribution >= 0.6 is 0 Å². The molecule has 3 heterocycles. The van der Waals surface area contributed by atoms with Crippen LogP contribution in [0.5, 0.6) is 0 Å². The van der Waals surface area contributed by atoms with Crippen LogP contribution in [0.3, 0.4) is 0 Å². The lowest BCUT2D eigenvalue weighted by atomic mass is 9.93. The van der Waals surface area contributed by atoms with Gasteiger partial charge >= 0.3 is 0 Å². The SMILES string of the molecule is CC1c2cc(F)ccc2CCN1C(=O)Cn1ncc(N2CCCC2)cc1=O. The van der Waals surface area contributed by atoms with E-state index in [1.54, 1.807) is 23.2 Å². The molecule has 2 aliphatic rings. The molecular weight excluding hydrogens is 347 g/mol. The van der Waals surface area contributed by atoms with Crippen molar-refractivity contribution in [1.82, 2.24) is 14.7 Å². The molecule has 1 amide bonds. The number of amides is 1. The number of rotatable bonds is 3. The number of benzene rings is 1. The minimum absolute atomic E-state index is 0.103. The zero-order valence-corrected chi connectivity index (χ0v) is 15.4. The van der Waals surface area contributed by atoms with Crippen LogP contribution in [0, 0.1) is 5.82 Å². The lowest BCUT2D eigenvalue weighted by Crippen LogP contribution is -2.42. The quantitative estimate of drug-likeness (QED) is 0.831. The molecule has 0 saturated carbocycles. The Labute approximate surface area is 157 Å². The van der Waals surface area contributed by atoms with E-state index in [-0.39, 0.29) is 29.9 Å². The zero-order chi connectivity index (χ0) is 19.0. The number of fused-ring (bicyclic) bond motifs is 1. The minimum Gasteiger partial charge on any atom is -0.370 e. The standard InChI is InChI=1S/C20H23FN4O2/c1-14-18-10-16(21)5-4-15(18)6-9-24(14)20(27)13-25-19(26)11-17(12-22-25)23-7-2-3-8-23/h4-5,10-12,14H,2-3,6-9,13H2,1H3. The number of carbonyl (C=O) groups is 1. The Morgan fingerprint density at radius 3 is 2.74 bits per heavy atom. The fourth-order valence-electron chi connectivity index (χ4n) is 4.04. The van der Waals surface area contributed by atoms with E-state index in [0.29, 0.717) is 13.0 Å². The first-order valence-electron chi connectivity index (χ1n) is 9.43. The van der Waals surface area contributed by atoms with Gasteiger partial charge < -0.3 is 9.80 Å². The minimum atomic E-state index is -0.301. The Balaban J connectivity index is 1.50. The van der Waals surface area contributed by atoms with Crippen LogP contribution in [0.2, 0.25) is 0 Å². The van der Waals surface area contributed by atoms with Crippen molar-refractivity contribution in [2.45, 2.75) is 38.8 Å². The van der Waals surface area contributed by atoms with E-state index >= 15 is 0 Å². The molecule has 0 spiro atoms. The van der Waals surface area contributed by atoms with E-state index in [9.17, 15) is 14.0 Å². The van der Waals surface area contributed by atoms with Crippen molar-refractivity contribution >= 4 is 11.6 Å². The summed E-state index contributed by atoms with van der Waals surface area (Å²) in [5, 5.41) is 4.20. The molecule has 2 aliphatic heterocycles. The maximum Gasteiger partial charge on any atom is 0.269 e. The third kappa shape index (κ3) is 3.46. The van der Waals surface area contributed by atoms with Gasteiger partial charge in [0.05, 0.1) is 17.9 Å². The van der Waals surface area contributed by atoms with Gasteiger partial charge in [-0.15, -0.1) is 0 Å². The molecule has 1 atom stereocenters. The molecule has 1 aromatic carbocycles. The Bertz CT molecular complexity index is 920. The molecule has 0 radical (unpaired) electrons. The summed E-state index contributed by atoms with van der Waals surface area (Å²) < 4.78 is 14.8. The molecule has 27 heavy (non-hydrogen) atoms. The van der Waals surface area contributed by atoms with E-state index in [0.717, 1.165) is 42.7 Å². The monoisotopic (exact) mass is 370 g/mol. The summed E-state index contributed by atoms with van der Waals surface area (Å²) in [6.45, 7) is 4.21. The Morgan fingerprint density at radius 2 is 2.00 bits per heavy atom. The molecule has 4 rings (SSSR count). The van der Waals surface area contributed by atoms with Gasteiger partial charge in [0, 0.05) is 25.7 Å². The molecule has 1 saturated heterocycles. The van der Waals surface area contributed by atoms with E-state index < -0.39 is 0 Å². The molecule has 1 unspecified atom stereocenters. The molecule has 142 valence electrons. The largest absolute Gasteiger partial charge is 0.370 e. The average Bonchev–Trinajstić information content (AvgIpc) is 3.19. The second-order valence-corrected chi connectivity index (χ2v) is 7.26. The highest BCUT2D eigenvalue weighted by molar-refractivity contribution is 5.77. The van der Waals surface area contributed by atoms with Gasteiger partial charge in [-0.05, 0) is 49.4 Å². The van der Waals surface area contributed by atoms with Crippen LogP contribution in [0.1, 0.15) is 36.9 Å². The maximum atomic E-state index is 13.6. The first kappa shape index (κ1) is 17.7. The molecule has 6 nitrogen and oxygen atoms in total. The summed E-state index contributed by atoms with van der Waals surface area (Å²) in [7, 11) is 0. The lowest BCUT2D eigenvalue weighted by Gasteiger charge is -2.35. The maximum absolute atomic E-state index is 13.6. The Kier molecular flexibility index (Phi) is 4.68. The first-order chi connectivity index (χ1) is 13.0. The van der Waals surface area contributed by atoms with Crippen LogP contribution in [-0.4, -0.2) is 40.2 Å². The first-order valence-corrected chi connectivity index (χ1v) is 9.43. The van der Waals surface area contributed by atoms with E-state index in [1.807, 2.05) is 6.92 Å². The number of anilines is 1. The summed E-state index contributed by atoms with van der Waals surface area (Å²) in [5.41, 5.74) is 2.44. The van der Waals surface area contributed by atoms with Crippen molar-refractivity contribution in [3.05, 3.63) is 57.8 Å². The van der Waals surface area contributed by atoms with E-state index in [4.69, 9.17) is 0 Å². The summed E-state index contributed by atoms with van der Waals surface area (Å²) in [5.74, 6) is -0.480. The van der Waals surface area contributed by atoms with Crippen molar-refractivity contribution in [2.75, 3.05) is 24.5 Å². The number of hydrogen-bond donors (Lipinski definition) is 0. The Morgan fingerprint density at radius 1 is 1.22 bits per heavy atom. The van der Waals surface area contributed by atoms with Crippen molar-refractivity contribution in [3.8, 4) is 0 Å². The van der Waals surface area contributed by atoms with E-state index in [2.05, 4.69) is 10.00 Å². The molecule has 0 aliphatic carbocycles. The second-order valence-electron chi connectivity index (χ2n) is 7.26. The third-order valence-corrected chi connectivity index (χ3v) is 5.58. The number of nitrogens with zero attached hydrogens (tertiary/aromatic N) is 4. The second kappa shape index (κ2) is 7.13. The number of carbonyl (C=O) groups excluding carboxylic acids is 1. The summed E-state index contributed by atoms with van der Waals surface area (Å²) in [4.78, 5) is 29.0. The van der Waals surface area contributed by atoms with Gasteiger partial charge in [0.2, 0.25) is 5.91 Å². The topological polar surface area (TPSA) is 58.4 Å². The van der Waals surface area contributed by atoms with Gasteiger partial charge in [-0.25, -0.2) is 9.07 Å². The summed E-state index contributed by atoms with van der Waals surface area (Å²) in [6, 6.07) is 6.06. The van der Waals surface area contributed by atoms with Crippen molar-refractivity contribution in [1.29, 1.82) is 0 Å². The van der Waals surface area contributed by atoms with Gasteiger partial charge in [0.1, 0.15) is 12.4 Å². The highest BCUT2D eigenvalue weighted by atomic mass is 19.1. The van der Waals surface area contributed by atoms with E-state index in [1.165, 1.54) is 16.8 Å². The van der Waals surface area contributed by atoms with Gasteiger partial charge in [-0.1, -0.05) is 6.07 Å². The summed E-state index contributed by atoms with van der Waals surface area (Å²) >= 11 is 0. The van der Waals surface area contributed by atoms with Crippen LogP contribution in [-0.2, 0) is 17.8 Å². The molecule has 0 bridgehead atoms. The average molecular weight is 370 g/mol. The van der Waals surface area contributed by atoms with Gasteiger partial charge in [-0.2, -0.15) is 5.10 Å².